The number of pyridine rings is 1. The number of esters is 1. The topological polar surface area (TPSA) is 119 Å². The summed E-state index contributed by atoms with van der Waals surface area (Å²) in [5, 5.41) is 19.6. The number of carbonyl (C=O) groups excluding carboxylic acids is 2. The molecule has 150 valence electrons. The van der Waals surface area contributed by atoms with E-state index in [1.807, 2.05) is 0 Å². The van der Waals surface area contributed by atoms with Gasteiger partial charge in [-0.1, -0.05) is 18.1 Å². The van der Waals surface area contributed by atoms with Crippen molar-refractivity contribution in [1.29, 1.82) is 0 Å². The first-order valence-electron chi connectivity index (χ1n) is 9.01. The van der Waals surface area contributed by atoms with Crippen molar-refractivity contribution in [3.63, 3.8) is 0 Å². The Hall–Kier alpha value is -2.88. The smallest absolute Gasteiger partial charge is 0.309 e. The number of methoxy groups -OCH3 is 1. The van der Waals surface area contributed by atoms with Crippen molar-refractivity contribution in [3.8, 4) is 11.4 Å². The number of carbonyl (C=O) groups is 2. The van der Waals surface area contributed by atoms with Crippen molar-refractivity contribution >= 4 is 17.6 Å². The second-order valence-corrected chi connectivity index (χ2v) is 6.71. The van der Waals surface area contributed by atoms with Crippen molar-refractivity contribution in [2.45, 2.75) is 32.3 Å². The molecule has 0 aliphatic heterocycles. The molecule has 0 spiro atoms. The molecule has 2 aromatic rings. The molecule has 2 heterocycles. The lowest BCUT2D eigenvalue weighted by molar-refractivity contribution is -0.151. The standard InChI is InChI=1S/C18H22FN5O4/c1-24-14(9-25)15(22-23-24)12-7-8-13(16(19)20-12)21-17(26)10-5-3-4-6-11(10)18(27)28-2/h7-8,10-11,25H,3-6,9H2,1-2H3,(H,21,26)/t10-,11-/m0/s1. The molecule has 0 bridgehead atoms. The highest BCUT2D eigenvalue weighted by Crippen LogP contribution is 2.32. The van der Waals surface area contributed by atoms with Crippen molar-refractivity contribution in [2.75, 3.05) is 12.4 Å². The van der Waals surface area contributed by atoms with Gasteiger partial charge in [-0.15, -0.1) is 5.10 Å². The number of rotatable bonds is 5. The number of aliphatic hydroxyl groups excluding tert-OH is 1. The SMILES string of the molecule is COC(=O)[C@H]1CCCC[C@@H]1C(=O)Nc1ccc(-c2nnn(C)c2CO)nc1F. The molecular formula is C18H22FN5O4. The fraction of sp³-hybridized carbons (Fsp3) is 0.500. The Morgan fingerprint density at radius 3 is 2.68 bits per heavy atom. The normalized spacial score (nSPS) is 19.3. The summed E-state index contributed by atoms with van der Waals surface area (Å²) >= 11 is 0. The van der Waals surface area contributed by atoms with E-state index in [1.54, 1.807) is 7.05 Å². The van der Waals surface area contributed by atoms with Crippen LogP contribution in [0, 0.1) is 17.8 Å². The molecule has 28 heavy (non-hydrogen) atoms. The number of aryl methyl sites for hydroxylation is 1. The summed E-state index contributed by atoms with van der Waals surface area (Å²) in [6, 6.07) is 2.86. The van der Waals surface area contributed by atoms with Crippen LogP contribution in [-0.2, 0) is 28.0 Å². The molecule has 2 N–H and O–H groups in total. The zero-order chi connectivity index (χ0) is 20.3. The summed E-state index contributed by atoms with van der Waals surface area (Å²) in [6.45, 7) is -0.322. The number of nitrogens with one attached hydrogen (secondary N) is 1. The lowest BCUT2D eigenvalue weighted by Gasteiger charge is -2.28. The van der Waals surface area contributed by atoms with Crippen LogP contribution >= 0.6 is 0 Å². The van der Waals surface area contributed by atoms with Crippen LogP contribution in [0.1, 0.15) is 31.4 Å². The van der Waals surface area contributed by atoms with Gasteiger partial charge in [0.1, 0.15) is 5.69 Å². The van der Waals surface area contributed by atoms with Gasteiger partial charge >= 0.3 is 5.97 Å². The van der Waals surface area contributed by atoms with Crippen LogP contribution in [0.15, 0.2) is 12.1 Å². The van der Waals surface area contributed by atoms with E-state index >= 15 is 0 Å². The molecule has 9 nitrogen and oxygen atoms in total. The van der Waals surface area contributed by atoms with E-state index < -0.39 is 29.7 Å². The van der Waals surface area contributed by atoms with Crippen LogP contribution in [0.4, 0.5) is 10.1 Å². The zero-order valence-electron chi connectivity index (χ0n) is 15.7. The first kappa shape index (κ1) is 19.9. The molecule has 0 unspecified atom stereocenters. The Morgan fingerprint density at radius 1 is 1.32 bits per heavy atom. The highest BCUT2D eigenvalue weighted by Gasteiger charge is 2.36. The van der Waals surface area contributed by atoms with Crippen LogP contribution in [0.25, 0.3) is 11.4 Å². The largest absolute Gasteiger partial charge is 0.469 e. The van der Waals surface area contributed by atoms with Crippen LogP contribution in [-0.4, -0.2) is 44.1 Å². The molecule has 10 heteroatoms. The fourth-order valence-corrected chi connectivity index (χ4v) is 3.52. The number of ether oxygens (including phenoxy) is 1. The monoisotopic (exact) mass is 391 g/mol. The summed E-state index contributed by atoms with van der Waals surface area (Å²) < 4.78 is 20.7. The van der Waals surface area contributed by atoms with Crippen molar-refractivity contribution in [1.82, 2.24) is 20.0 Å². The molecule has 1 saturated carbocycles. The predicted molar refractivity (Wildman–Crippen MR) is 96.2 cm³/mol. The third-order valence-corrected chi connectivity index (χ3v) is 5.05. The Bertz CT molecular complexity index is 885. The maximum absolute atomic E-state index is 14.5. The van der Waals surface area contributed by atoms with Gasteiger partial charge in [-0.05, 0) is 25.0 Å². The van der Waals surface area contributed by atoms with Crippen LogP contribution in [0.2, 0.25) is 0 Å². The predicted octanol–water partition coefficient (Wildman–Crippen LogP) is 1.43. The summed E-state index contributed by atoms with van der Waals surface area (Å²) in [5.74, 6) is -2.83. The fourth-order valence-electron chi connectivity index (χ4n) is 3.52. The number of hydrogen-bond donors (Lipinski definition) is 2. The zero-order valence-corrected chi connectivity index (χ0v) is 15.7. The average molecular weight is 391 g/mol. The van der Waals surface area contributed by atoms with Crippen LogP contribution in [0.3, 0.4) is 0 Å². The van der Waals surface area contributed by atoms with E-state index in [2.05, 4.69) is 20.6 Å². The molecule has 3 rings (SSSR count). The third kappa shape index (κ3) is 3.86. The maximum Gasteiger partial charge on any atom is 0.309 e. The summed E-state index contributed by atoms with van der Waals surface area (Å²) in [5.41, 5.74) is 0.766. The second-order valence-electron chi connectivity index (χ2n) is 6.71. The van der Waals surface area contributed by atoms with Crippen molar-refractivity contribution in [2.24, 2.45) is 18.9 Å². The molecule has 1 fully saturated rings. The summed E-state index contributed by atoms with van der Waals surface area (Å²) in [7, 11) is 2.90. The number of nitrogens with zero attached hydrogens (tertiary/aromatic N) is 4. The van der Waals surface area contributed by atoms with Crippen LogP contribution in [0.5, 0.6) is 0 Å². The minimum Gasteiger partial charge on any atom is -0.469 e. The van der Waals surface area contributed by atoms with E-state index in [0.29, 0.717) is 18.5 Å². The molecule has 0 radical (unpaired) electrons. The van der Waals surface area contributed by atoms with Gasteiger partial charge in [0, 0.05) is 7.05 Å². The van der Waals surface area contributed by atoms with Gasteiger partial charge in [0.25, 0.3) is 0 Å². The molecular weight excluding hydrogens is 369 g/mol. The van der Waals surface area contributed by atoms with Crippen molar-refractivity contribution < 1.29 is 23.8 Å². The molecule has 2 aromatic heterocycles. The molecule has 1 amide bonds. The Kier molecular flexibility index (Phi) is 5.98. The van der Waals surface area contributed by atoms with E-state index in [4.69, 9.17) is 4.74 Å². The van der Waals surface area contributed by atoms with Gasteiger partial charge in [0.15, 0.2) is 0 Å². The highest BCUT2D eigenvalue weighted by molar-refractivity contribution is 5.95. The number of aliphatic hydroxyl groups is 1. The van der Waals surface area contributed by atoms with Gasteiger partial charge in [-0.2, -0.15) is 4.39 Å². The maximum atomic E-state index is 14.5. The summed E-state index contributed by atoms with van der Waals surface area (Å²) in [6.07, 6.45) is 2.78. The molecule has 1 aliphatic carbocycles. The van der Waals surface area contributed by atoms with Gasteiger partial charge in [-0.25, -0.2) is 9.67 Å². The van der Waals surface area contributed by atoms with Gasteiger partial charge < -0.3 is 15.2 Å². The van der Waals surface area contributed by atoms with E-state index in [0.717, 1.165) is 12.8 Å². The molecule has 0 aromatic carbocycles. The minimum atomic E-state index is -0.883. The third-order valence-electron chi connectivity index (χ3n) is 5.05. The molecule has 1 aliphatic rings. The van der Waals surface area contributed by atoms with E-state index in [-0.39, 0.29) is 23.7 Å². The lowest BCUT2D eigenvalue weighted by Crippen LogP contribution is -2.36. The number of amides is 1. The van der Waals surface area contributed by atoms with Crippen molar-refractivity contribution in [3.05, 3.63) is 23.8 Å². The summed E-state index contributed by atoms with van der Waals surface area (Å²) in [4.78, 5) is 28.4. The van der Waals surface area contributed by atoms with Gasteiger partial charge in [-0.3, -0.25) is 9.59 Å². The van der Waals surface area contributed by atoms with E-state index in [1.165, 1.54) is 23.9 Å². The number of hydrogen-bond acceptors (Lipinski definition) is 7. The Morgan fingerprint density at radius 2 is 2.04 bits per heavy atom. The van der Waals surface area contributed by atoms with E-state index in [9.17, 15) is 19.1 Å². The average Bonchev–Trinajstić information content (AvgIpc) is 3.09. The molecule has 2 atom stereocenters. The quantitative estimate of drug-likeness (QED) is 0.584. The van der Waals surface area contributed by atoms with Crippen LogP contribution < -0.4 is 5.32 Å². The first-order valence-corrected chi connectivity index (χ1v) is 9.01. The minimum absolute atomic E-state index is 0.0858. The number of aromatic nitrogens is 4. The van der Waals surface area contributed by atoms with Gasteiger partial charge in [0.2, 0.25) is 11.9 Å². The van der Waals surface area contributed by atoms with Gasteiger partial charge in [0.05, 0.1) is 42.6 Å². The second kappa shape index (κ2) is 8.42. The number of anilines is 1. The lowest BCUT2D eigenvalue weighted by atomic mass is 9.78. The molecule has 0 saturated heterocycles. The Labute approximate surface area is 160 Å². The Balaban J connectivity index is 1.79. The number of halogens is 1. The first-order chi connectivity index (χ1) is 13.5. The highest BCUT2D eigenvalue weighted by atomic mass is 19.1.